The van der Waals surface area contributed by atoms with E-state index in [0.29, 0.717) is 9.75 Å². The second-order valence-corrected chi connectivity index (χ2v) is 19.6. The van der Waals surface area contributed by atoms with E-state index in [2.05, 4.69) is 63.7 Å². The predicted molar refractivity (Wildman–Crippen MR) is 225 cm³/mol. The van der Waals surface area contributed by atoms with Crippen molar-refractivity contribution in [2.24, 2.45) is 0 Å². The number of carbonyl (C=O) groups is 4. The molecule has 15 heteroatoms. The summed E-state index contributed by atoms with van der Waals surface area (Å²) in [5.41, 5.74) is 1.90. The molecule has 7 heterocycles. The Morgan fingerprint density at radius 3 is 1.20 bits per heavy atom. The number of carbonyl (C=O) groups excluding carboxylic acids is 4. The second-order valence-electron chi connectivity index (χ2n) is 10.7. The summed E-state index contributed by atoms with van der Waals surface area (Å²) in [7, 11) is 0. The van der Waals surface area contributed by atoms with Crippen LogP contribution in [0.15, 0.2) is 115 Å². The minimum Gasteiger partial charge on any atom is -0.454 e. The van der Waals surface area contributed by atoms with Gasteiger partial charge in [-0.15, -0.1) is 68.0 Å². The molecule has 0 aliphatic heterocycles. The summed E-state index contributed by atoms with van der Waals surface area (Å²) in [6, 6.07) is 15.6. The van der Waals surface area contributed by atoms with Crippen LogP contribution in [-0.2, 0) is 0 Å². The van der Waals surface area contributed by atoms with E-state index in [1.807, 2.05) is 80.8 Å². The molecule has 0 radical (unpaired) electrons. The molecular formula is C36H18Br4O5S6. The monoisotopic (exact) mass is 1040 g/mol. The van der Waals surface area contributed by atoms with Gasteiger partial charge in [0, 0.05) is 17.9 Å². The van der Waals surface area contributed by atoms with Gasteiger partial charge in [0.15, 0.2) is 23.1 Å². The van der Waals surface area contributed by atoms with Gasteiger partial charge in [-0.2, -0.15) is 0 Å². The number of hydrogen-bond acceptors (Lipinski definition) is 11. The summed E-state index contributed by atoms with van der Waals surface area (Å²) in [5.74, 6) is 1.33. The quantitative estimate of drug-likeness (QED) is 0.122. The lowest BCUT2D eigenvalue weighted by atomic mass is 9.93. The van der Waals surface area contributed by atoms with E-state index in [0.717, 1.165) is 60.0 Å². The largest absolute Gasteiger partial charge is 0.454 e. The molecule has 2 unspecified atom stereocenters. The fourth-order valence-corrected chi connectivity index (χ4v) is 13.4. The topological polar surface area (TPSA) is 81.4 Å². The summed E-state index contributed by atoms with van der Waals surface area (Å²) in [6.45, 7) is 0. The van der Waals surface area contributed by atoms with Crippen molar-refractivity contribution in [1.29, 1.82) is 0 Å². The predicted octanol–water partition coefficient (Wildman–Crippen LogP) is 14.3. The van der Waals surface area contributed by atoms with E-state index in [4.69, 9.17) is 4.42 Å². The Morgan fingerprint density at radius 1 is 0.490 bits per heavy atom. The molecule has 0 saturated carbocycles. The molecule has 0 N–H and O–H groups in total. The van der Waals surface area contributed by atoms with Crippen molar-refractivity contribution in [3.05, 3.63) is 141 Å². The molecule has 9 rings (SSSR count). The standard InChI is InChI=1S/C12H6Br2O2S2.C12H6Br2OS2.C12H6O2S2/c13-7-3-5-17-11(7)9(15)1-2-10(16)12-8(14)4-6-18-12;13-7-3-5-16-11(7)9-1-2-10(15-9)12-8(14)4-6-17-12;13-9-7-5-1-3-15-11(5)10(14)8(7)6-2-4-16-12(6)9/h1-6H;1-6H;1-4,7-8H/b2-1+;;. The molecule has 0 bridgehead atoms. The van der Waals surface area contributed by atoms with Crippen molar-refractivity contribution in [1.82, 2.24) is 0 Å². The zero-order chi connectivity index (χ0) is 35.8. The number of hydrogen-bond donors (Lipinski definition) is 0. The minimum atomic E-state index is -0.212. The van der Waals surface area contributed by atoms with Crippen molar-refractivity contribution < 1.29 is 23.6 Å². The van der Waals surface area contributed by atoms with Gasteiger partial charge in [0.2, 0.25) is 0 Å². The summed E-state index contributed by atoms with van der Waals surface area (Å²) >= 11 is 22.6. The van der Waals surface area contributed by atoms with Crippen LogP contribution in [0.1, 0.15) is 61.6 Å². The van der Waals surface area contributed by atoms with Crippen LogP contribution < -0.4 is 0 Å². The lowest BCUT2D eigenvalue weighted by molar-refractivity contribution is 0.0915. The van der Waals surface area contributed by atoms with Crippen LogP contribution in [0.3, 0.4) is 0 Å². The lowest BCUT2D eigenvalue weighted by Gasteiger charge is -2.06. The van der Waals surface area contributed by atoms with Crippen LogP contribution in [0.4, 0.5) is 0 Å². The number of rotatable bonds is 6. The van der Waals surface area contributed by atoms with E-state index < -0.39 is 0 Å². The highest BCUT2D eigenvalue weighted by Crippen LogP contribution is 2.54. The van der Waals surface area contributed by atoms with Crippen LogP contribution in [0.25, 0.3) is 21.3 Å². The summed E-state index contributed by atoms with van der Waals surface area (Å²) in [6.07, 6.45) is 2.62. The molecule has 0 amide bonds. The van der Waals surface area contributed by atoms with E-state index >= 15 is 0 Å². The van der Waals surface area contributed by atoms with E-state index in [1.165, 1.54) is 57.5 Å². The highest BCUT2D eigenvalue weighted by molar-refractivity contribution is 9.11. The van der Waals surface area contributed by atoms with Crippen LogP contribution in [0.2, 0.25) is 0 Å². The molecule has 0 aromatic carbocycles. The molecule has 256 valence electrons. The third-order valence-corrected chi connectivity index (χ3v) is 17.1. The molecule has 7 aromatic heterocycles. The lowest BCUT2D eigenvalue weighted by Crippen LogP contribution is -2.09. The van der Waals surface area contributed by atoms with E-state index in [-0.39, 0.29) is 35.0 Å². The normalized spacial score (nSPS) is 15.6. The number of furan rings is 1. The van der Waals surface area contributed by atoms with Gasteiger partial charge in [-0.25, -0.2) is 0 Å². The number of ketones is 4. The Bertz CT molecular complexity index is 2280. The summed E-state index contributed by atoms with van der Waals surface area (Å²) < 4.78 is 9.56. The van der Waals surface area contributed by atoms with Gasteiger partial charge >= 0.3 is 0 Å². The van der Waals surface area contributed by atoms with Gasteiger partial charge in [-0.3, -0.25) is 19.2 Å². The third kappa shape index (κ3) is 7.48. The Kier molecular flexibility index (Phi) is 11.7. The van der Waals surface area contributed by atoms with Gasteiger partial charge in [0.25, 0.3) is 0 Å². The van der Waals surface area contributed by atoms with E-state index in [1.54, 1.807) is 22.7 Å². The third-order valence-electron chi connectivity index (χ3n) is 7.76. The first kappa shape index (κ1) is 37.1. The molecule has 2 aliphatic rings. The SMILES string of the molecule is Brc1ccsc1-c1ccc(-c2sccc2Br)o1.O=C(/C=C/C(=O)c1sccc1Br)c1sccc1Br.O=C1c2sccc2C2C(=O)c3sccc3C12. The maximum absolute atomic E-state index is 12.2. The van der Waals surface area contributed by atoms with Crippen molar-refractivity contribution in [3.8, 4) is 21.3 Å². The number of halogens is 4. The molecule has 0 spiro atoms. The first-order valence-corrected chi connectivity index (χ1v) is 23.1. The second kappa shape index (κ2) is 16.0. The van der Waals surface area contributed by atoms with Crippen molar-refractivity contribution in [3.63, 3.8) is 0 Å². The fraction of sp³-hybridized carbons (Fsp3) is 0.0556. The number of fused-ring (bicyclic) bond motifs is 5. The molecule has 51 heavy (non-hydrogen) atoms. The van der Waals surface area contributed by atoms with Crippen LogP contribution in [-0.4, -0.2) is 23.1 Å². The molecule has 0 fully saturated rings. The van der Waals surface area contributed by atoms with Crippen LogP contribution >= 0.6 is 132 Å². The van der Waals surface area contributed by atoms with Gasteiger partial charge in [-0.05, 0) is 168 Å². The number of allylic oxidation sites excluding steroid dienone is 2. The van der Waals surface area contributed by atoms with Crippen LogP contribution in [0.5, 0.6) is 0 Å². The Labute approximate surface area is 349 Å². The molecule has 0 saturated heterocycles. The summed E-state index contributed by atoms with van der Waals surface area (Å²) in [5, 5.41) is 11.5. The highest BCUT2D eigenvalue weighted by Gasteiger charge is 2.52. The number of thiophene rings is 6. The van der Waals surface area contributed by atoms with Gasteiger partial charge in [-0.1, -0.05) is 0 Å². The average Bonchev–Trinajstić information content (AvgIpc) is 3.93. The molecule has 7 aromatic rings. The van der Waals surface area contributed by atoms with Crippen molar-refractivity contribution in [2.45, 2.75) is 11.8 Å². The van der Waals surface area contributed by atoms with E-state index in [9.17, 15) is 19.2 Å². The molecule has 2 atom stereocenters. The Balaban J connectivity index is 0.000000120. The highest BCUT2D eigenvalue weighted by atomic mass is 79.9. The number of Topliss-reactive ketones (excluding diaryl/α,β-unsaturated/α-hetero) is 2. The first-order chi connectivity index (χ1) is 24.6. The molecule has 5 nitrogen and oxygen atoms in total. The van der Waals surface area contributed by atoms with Gasteiger partial charge < -0.3 is 4.42 Å². The van der Waals surface area contributed by atoms with Gasteiger partial charge in [0.1, 0.15) is 11.5 Å². The zero-order valence-electron chi connectivity index (χ0n) is 25.4. The maximum atomic E-state index is 12.2. The minimum absolute atomic E-state index is 0.139. The average molecular weight is 1040 g/mol. The smallest absolute Gasteiger partial charge is 0.197 e. The van der Waals surface area contributed by atoms with Crippen LogP contribution in [0, 0.1) is 0 Å². The Morgan fingerprint density at radius 2 is 0.843 bits per heavy atom. The molecular weight excluding hydrogens is 1020 g/mol. The fourth-order valence-electron chi connectivity index (χ4n) is 5.52. The Hall–Kier alpha value is -2.18. The zero-order valence-corrected chi connectivity index (χ0v) is 36.6. The summed E-state index contributed by atoms with van der Waals surface area (Å²) in [4.78, 5) is 53.1. The first-order valence-electron chi connectivity index (χ1n) is 14.7. The maximum Gasteiger partial charge on any atom is 0.197 e. The van der Waals surface area contributed by atoms with Gasteiger partial charge in [0.05, 0.1) is 41.1 Å². The molecule has 2 aliphatic carbocycles. The van der Waals surface area contributed by atoms with Crippen molar-refractivity contribution in [2.75, 3.05) is 0 Å². The van der Waals surface area contributed by atoms with Crippen molar-refractivity contribution >= 4 is 155 Å².